The van der Waals surface area contributed by atoms with Crippen molar-refractivity contribution in [2.45, 2.75) is 19.4 Å². The van der Waals surface area contributed by atoms with Crippen LogP contribution in [0.5, 0.6) is 5.75 Å². The third-order valence-electron chi connectivity index (χ3n) is 2.79. The van der Waals surface area contributed by atoms with Crippen LogP contribution < -0.4 is 15.4 Å². The van der Waals surface area contributed by atoms with Crippen LogP contribution in [0.1, 0.15) is 12.5 Å². The zero-order valence-corrected chi connectivity index (χ0v) is 9.96. The van der Waals surface area contributed by atoms with Gasteiger partial charge in [0, 0.05) is 7.05 Å². The summed E-state index contributed by atoms with van der Waals surface area (Å²) in [7, 11) is 1.47. The minimum Gasteiger partial charge on any atom is -0.466 e. The molecule has 0 saturated heterocycles. The summed E-state index contributed by atoms with van der Waals surface area (Å²) in [6.45, 7) is 3.36. The SMILES string of the molecule is CNC(=O)C1(C)Oc2ccc(C)cc2NC1=O. The number of hydrogen-bond donors (Lipinski definition) is 2. The summed E-state index contributed by atoms with van der Waals surface area (Å²) in [6.07, 6.45) is 0. The second-order valence-electron chi connectivity index (χ2n) is 4.17. The molecule has 0 aliphatic carbocycles. The zero-order chi connectivity index (χ0) is 12.6. The molecule has 1 atom stereocenters. The van der Waals surface area contributed by atoms with Gasteiger partial charge in [-0.05, 0) is 31.5 Å². The number of anilines is 1. The number of amides is 2. The molecule has 90 valence electrons. The molecular weight excluding hydrogens is 220 g/mol. The molecule has 1 aromatic rings. The largest absolute Gasteiger partial charge is 0.466 e. The van der Waals surface area contributed by atoms with E-state index in [1.54, 1.807) is 12.1 Å². The van der Waals surface area contributed by atoms with Crippen molar-refractivity contribution >= 4 is 17.5 Å². The molecule has 2 rings (SSSR count). The monoisotopic (exact) mass is 234 g/mol. The summed E-state index contributed by atoms with van der Waals surface area (Å²) in [4.78, 5) is 23.6. The first-order valence-corrected chi connectivity index (χ1v) is 5.30. The molecule has 0 bridgehead atoms. The summed E-state index contributed by atoms with van der Waals surface area (Å²) >= 11 is 0. The molecule has 1 aliphatic heterocycles. The van der Waals surface area contributed by atoms with Crippen molar-refractivity contribution in [2.75, 3.05) is 12.4 Å². The quantitative estimate of drug-likeness (QED) is 0.707. The van der Waals surface area contributed by atoms with E-state index in [0.29, 0.717) is 11.4 Å². The Kier molecular flexibility index (Phi) is 2.53. The van der Waals surface area contributed by atoms with E-state index in [1.807, 2.05) is 13.0 Å². The number of ether oxygens (including phenoxy) is 1. The highest BCUT2D eigenvalue weighted by Crippen LogP contribution is 2.34. The van der Waals surface area contributed by atoms with Gasteiger partial charge in [-0.1, -0.05) is 6.07 Å². The maximum absolute atomic E-state index is 11.9. The van der Waals surface area contributed by atoms with Gasteiger partial charge < -0.3 is 15.4 Å². The second-order valence-corrected chi connectivity index (χ2v) is 4.17. The van der Waals surface area contributed by atoms with Gasteiger partial charge in [0.05, 0.1) is 5.69 Å². The van der Waals surface area contributed by atoms with Crippen LogP contribution in [0.15, 0.2) is 18.2 Å². The van der Waals surface area contributed by atoms with Crippen molar-refractivity contribution in [2.24, 2.45) is 0 Å². The highest BCUT2D eigenvalue weighted by molar-refractivity contribution is 6.15. The number of aryl methyl sites for hydroxylation is 1. The number of carbonyl (C=O) groups is 2. The Bertz CT molecular complexity index is 499. The van der Waals surface area contributed by atoms with Crippen molar-refractivity contribution in [1.29, 1.82) is 0 Å². The van der Waals surface area contributed by atoms with E-state index >= 15 is 0 Å². The molecule has 1 aliphatic rings. The fraction of sp³-hybridized carbons (Fsp3) is 0.333. The Balaban J connectivity index is 2.43. The van der Waals surface area contributed by atoms with Crippen LogP contribution in [0.2, 0.25) is 0 Å². The summed E-state index contributed by atoms with van der Waals surface area (Å²) in [5, 5.41) is 5.10. The van der Waals surface area contributed by atoms with Crippen molar-refractivity contribution < 1.29 is 14.3 Å². The zero-order valence-electron chi connectivity index (χ0n) is 9.96. The summed E-state index contributed by atoms with van der Waals surface area (Å²) in [5.41, 5.74) is 0.0874. The molecule has 0 radical (unpaired) electrons. The number of rotatable bonds is 1. The maximum atomic E-state index is 11.9. The summed E-state index contributed by atoms with van der Waals surface area (Å²) < 4.78 is 5.52. The fourth-order valence-corrected chi connectivity index (χ4v) is 1.73. The molecule has 5 nitrogen and oxygen atoms in total. The average molecular weight is 234 g/mol. The molecular formula is C12H14N2O3. The molecule has 0 fully saturated rings. The van der Waals surface area contributed by atoms with Gasteiger partial charge >= 0.3 is 0 Å². The predicted molar refractivity (Wildman–Crippen MR) is 62.9 cm³/mol. The molecule has 2 amide bonds. The van der Waals surface area contributed by atoms with E-state index in [-0.39, 0.29) is 0 Å². The van der Waals surface area contributed by atoms with Crippen LogP contribution in [0.25, 0.3) is 0 Å². The average Bonchev–Trinajstić information content (AvgIpc) is 2.30. The lowest BCUT2D eigenvalue weighted by Crippen LogP contribution is -2.58. The third-order valence-corrected chi connectivity index (χ3v) is 2.79. The van der Waals surface area contributed by atoms with E-state index in [9.17, 15) is 9.59 Å². The predicted octanol–water partition coefficient (Wildman–Crippen LogP) is 0.831. The van der Waals surface area contributed by atoms with Crippen LogP contribution in [-0.4, -0.2) is 24.5 Å². The van der Waals surface area contributed by atoms with Gasteiger partial charge in [-0.3, -0.25) is 9.59 Å². The van der Waals surface area contributed by atoms with Gasteiger partial charge in [0.1, 0.15) is 5.75 Å². The van der Waals surface area contributed by atoms with Crippen LogP contribution in [0.3, 0.4) is 0 Å². The van der Waals surface area contributed by atoms with Gasteiger partial charge in [-0.2, -0.15) is 0 Å². The van der Waals surface area contributed by atoms with Crippen molar-refractivity contribution in [1.82, 2.24) is 5.32 Å². The Morgan fingerprint density at radius 3 is 2.82 bits per heavy atom. The fourth-order valence-electron chi connectivity index (χ4n) is 1.73. The number of likely N-dealkylation sites (N-methyl/N-ethyl adjacent to an activating group) is 1. The number of fused-ring (bicyclic) bond motifs is 1. The Morgan fingerprint density at radius 1 is 1.47 bits per heavy atom. The van der Waals surface area contributed by atoms with Gasteiger partial charge in [-0.25, -0.2) is 0 Å². The first-order valence-electron chi connectivity index (χ1n) is 5.30. The van der Waals surface area contributed by atoms with Gasteiger partial charge in [0.25, 0.3) is 17.4 Å². The molecule has 1 unspecified atom stereocenters. The number of hydrogen-bond acceptors (Lipinski definition) is 3. The highest BCUT2D eigenvalue weighted by Gasteiger charge is 2.46. The van der Waals surface area contributed by atoms with Crippen LogP contribution in [-0.2, 0) is 9.59 Å². The lowest BCUT2D eigenvalue weighted by Gasteiger charge is -2.32. The van der Waals surface area contributed by atoms with E-state index in [1.165, 1.54) is 14.0 Å². The standard InChI is InChI=1S/C12H14N2O3/c1-7-4-5-9-8(6-7)14-11(16)12(2,17-9)10(15)13-3/h4-6H,1-3H3,(H,13,15)(H,14,16). The van der Waals surface area contributed by atoms with E-state index in [2.05, 4.69) is 10.6 Å². The lowest BCUT2D eigenvalue weighted by molar-refractivity contribution is -0.146. The van der Waals surface area contributed by atoms with Crippen LogP contribution in [0, 0.1) is 6.92 Å². The Morgan fingerprint density at radius 2 is 2.18 bits per heavy atom. The van der Waals surface area contributed by atoms with Gasteiger partial charge in [0.2, 0.25) is 0 Å². The van der Waals surface area contributed by atoms with Crippen molar-refractivity contribution in [3.63, 3.8) is 0 Å². The number of carbonyl (C=O) groups excluding carboxylic acids is 2. The first kappa shape index (κ1) is 11.4. The van der Waals surface area contributed by atoms with Crippen LogP contribution >= 0.6 is 0 Å². The Labute approximate surface area is 99.2 Å². The topological polar surface area (TPSA) is 67.4 Å². The molecule has 17 heavy (non-hydrogen) atoms. The Hall–Kier alpha value is -2.04. The van der Waals surface area contributed by atoms with Crippen molar-refractivity contribution in [3.8, 4) is 5.75 Å². The molecule has 0 aromatic heterocycles. The van der Waals surface area contributed by atoms with Gasteiger partial charge in [0.15, 0.2) is 0 Å². The maximum Gasteiger partial charge on any atom is 0.278 e. The summed E-state index contributed by atoms with van der Waals surface area (Å²) in [5.74, 6) is -0.433. The number of nitrogens with one attached hydrogen (secondary N) is 2. The minimum atomic E-state index is -1.52. The molecule has 0 spiro atoms. The van der Waals surface area contributed by atoms with E-state index < -0.39 is 17.4 Å². The molecule has 1 heterocycles. The van der Waals surface area contributed by atoms with Gasteiger partial charge in [-0.15, -0.1) is 0 Å². The lowest BCUT2D eigenvalue weighted by atomic mass is 10.0. The highest BCUT2D eigenvalue weighted by atomic mass is 16.5. The molecule has 2 N–H and O–H groups in total. The molecule has 1 aromatic carbocycles. The normalized spacial score (nSPS) is 22.2. The smallest absolute Gasteiger partial charge is 0.278 e. The molecule has 5 heteroatoms. The third kappa shape index (κ3) is 1.73. The summed E-state index contributed by atoms with van der Waals surface area (Å²) in [6, 6.07) is 5.41. The van der Waals surface area contributed by atoms with Crippen molar-refractivity contribution in [3.05, 3.63) is 23.8 Å². The van der Waals surface area contributed by atoms with E-state index in [4.69, 9.17) is 4.74 Å². The molecule has 0 saturated carbocycles. The van der Waals surface area contributed by atoms with E-state index in [0.717, 1.165) is 5.56 Å². The minimum absolute atomic E-state index is 0.463. The first-order chi connectivity index (χ1) is 7.97. The van der Waals surface area contributed by atoms with Crippen LogP contribution in [0.4, 0.5) is 5.69 Å². The second kappa shape index (κ2) is 3.76. The number of benzene rings is 1.